The van der Waals surface area contributed by atoms with Gasteiger partial charge >= 0.3 is 0 Å². The second-order valence-electron chi connectivity index (χ2n) is 4.54. The van der Waals surface area contributed by atoms with Crippen molar-refractivity contribution in [2.75, 3.05) is 0 Å². The SMILES string of the molecule is C/C=C/C.CCC(C)c1ccccc1.c1ccccc1. The molecule has 0 amide bonds. The lowest BCUT2D eigenvalue weighted by molar-refractivity contribution is 0.733. The summed E-state index contributed by atoms with van der Waals surface area (Å²) < 4.78 is 0. The Morgan fingerprint density at radius 3 is 1.40 bits per heavy atom. The summed E-state index contributed by atoms with van der Waals surface area (Å²) in [5, 5.41) is 0. The van der Waals surface area contributed by atoms with Gasteiger partial charge < -0.3 is 0 Å². The zero-order valence-electron chi connectivity index (χ0n) is 13.3. The highest BCUT2D eigenvalue weighted by Gasteiger charge is 1.98. The average molecular weight is 268 g/mol. The molecule has 1 atom stereocenters. The highest BCUT2D eigenvalue weighted by Crippen LogP contribution is 2.16. The van der Waals surface area contributed by atoms with E-state index in [1.54, 1.807) is 0 Å². The number of hydrogen-bond donors (Lipinski definition) is 0. The molecule has 0 aliphatic heterocycles. The van der Waals surface area contributed by atoms with Crippen LogP contribution in [0.25, 0.3) is 0 Å². The smallest absolute Gasteiger partial charge is 0.0193 e. The Morgan fingerprint density at radius 2 is 1.10 bits per heavy atom. The van der Waals surface area contributed by atoms with Crippen molar-refractivity contribution in [3.63, 3.8) is 0 Å². The van der Waals surface area contributed by atoms with Crippen LogP contribution in [-0.2, 0) is 0 Å². The summed E-state index contributed by atoms with van der Waals surface area (Å²) in [7, 11) is 0. The topological polar surface area (TPSA) is 0 Å². The molecular formula is C20H28. The lowest BCUT2D eigenvalue weighted by Crippen LogP contribution is -1.88. The van der Waals surface area contributed by atoms with Crippen molar-refractivity contribution in [2.24, 2.45) is 0 Å². The molecule has 0 saturated carbocycles. The number of benzene rings is 2. The van der Waals surface area contributed by atoms with Crippen molar-refractivity contribution in [2.45, 2.75) is 40.0 Å². The summed E-state index contributed by atoms with van der Waals surface area (Å²) in [5.74, 6) is 0.709. The van der Waals surface area contributed by atoms with Gasteiger partial charge in [0.15, 0.2) is 0 Å². The van der Waals surface area contributed by atoms with E-state index in [9.17, 15) is 0 Å². The van der Waals surface area contributed by atoms with Gasteiger partial charge in [0.25, 0.3) is 0 Å². The molecule has 2 aromatic rings. The van der Waals surface area contributed by atoms with Crippen LogP contribution < -0.4 is 0 Å². The minimum atomic E-state index is 0.709. The highest BCUT2D eigenvalue weighted by atomic mass is 14.0. The Labute approximate surface area is 125 Å². The van der Waals surface area contributed by atoms with Crippen molar-refractivity contribution in [1.29, 1.82) is 0 Å². The predicted octanol–water partition coefficient (Wildman–Crippen LogP) is 6.47. The molecule has 2 rings (SSSR count). The molecule has 0 aliphatic rings. The van der Waals surface area contributed by atoms with Crippen molar-refractivity contribution in [3.8, 4) is 0 Å². The third-order valence-corrected chi connectivity index (χ3v) is 2.98. The maximum absolute atomic E-state index is 2.26. The number of rotatable bonds is 2. The molecule has 0 heterocycles. The molecule has 0 fully saturated rings. The summed E-state index contributed by atoms with van der Waals surface area (Å²) in [6.07, 6.45) is 5.23. The predicted molar refractivity (Wildman–Crippen MR) is 92.1 cm³/mol. The van der Waals surface area contributed by atoms with Gasteiger partial charge in [-0.15, -0.1) is 0 Å². The van der Waals surface area contributed by atoms with Gasteiger partial charge in [0.2, 0.25) is 0 Å². The third kappa shape index (κ3) is 10.1. The van der Waals surface area contributed by atoms with Gasteiger partial charge in [-0.05, 0) is 31.7 Å². The minimum Gasteiger partial charge on any atom is -0.0919 e. The van der Waals surface area contributed by atoms with Crippen LogP contribution in [0.2, 0.25) is 0 Å². The molecule has 0 bridgehead atoms. The molecule has 0 N–H and O–H groups in total. The molecule has 0 saturated heterocycles. The van der Waals surface area contributed by atoms with E-state index in [0.717, 1.165) is 0 Å². The van der Waals surface area contributed by atoms with Gasteiger partial charge in [0.1, 0.15) is 0 Å². The van der Waals surface area contributed by atoms with E-state index < -0.39 is 0 Å². The van der Waals surface area contributed by atoms with E-state index in [4.69, 9.17) is 0 Å². The second-order valence-corrected chi connectivity index (χ2v) is 4.54. The summed E-state index contributed by atoms with van der Waals surface area (Å²) in [6.45, 7) is 8.48. The van der Waals surface area contributed by atoms with E-state index in [-0.39, 0.29) is 0 Å². The third-order valence-electron chi connectivity index (χ3n) is 2.98. The molecule has 2 aromatic carbocycles. The zero-order chi connectivity index (χ0) is 15.1. The number of hydrogen-bond acceptors (Lipinski definition) is 0. The lowest BCUT2D eigenvalue weighted by Gasteiger charge is -2.06. The summed E-state index contributed by atoms with van der Waals surface area (Å²) >= 11 is 0. The molecule has 20 heavy (non-hydrogen) atoms. The van der Waals surface area contributed by atoms with E-state index >= 15 is 0 Å². The molecule has 0 radical (unpaired) electrons. The van der Waals surface area contributed by atoms with Crippen LogP contribution in [0.5, 0.6) is 0 Å². The number of allylic oxidation sites excluding steroid dienone is 2. The standard InChI is InChI=1S/C10H14.C6H6.C4H8/c1-3-9(2)10-7-5-4-6-8-10;1-2-4-6-5-3-1;1-3-4-2/h4-9H,3H2,1-2H3;1-6H;3-4H,1-2H3/b;;4-3+. The maximum Gasteiger partial charge on any atom is -0.0193 e. The van der Waals surface area contributed by atoms with Crippen LogP contribution >= 0.6 is 0 Å². The van der Waals surface area contributed by atoms with E-state index in [0.29, 0.717) is 5.92 Å². The van der Waals surface area contributed by atoms with Crippen LogP contribution in [0, 0.1) is 0 Å². The maximum atomic E-state index is 2.26. The van der Waals surface area contributed by atoms with E-state index in [2.05, 4.69) is 44.2 Å². The molecule has 108 valence electrons. The van der Waals surface area contributed by atoms with Crippen LogP contribution in [0.15, 0.2) is 78.9 Å². The monoisotopic (exact) mass is 268 g/mol. The summed E-state index contributed by atoms with van der Waals surface area (Å²) in [5.41, 5.74) is 1.45. The first kappa shape index (κ1) is 18.2. The van der Waals surface area contributed by atoms with Gasteiger partial charge in [0, 0.05) is 0 Å². The van der Waals surface area contributed by atoms with Crippen LogP contribution in [0.3, 0.4) is 0 Å². The quantitative estimate of drug-likeness (QED) is 0.548. The average Bonchev–Trinajstić information content (AvgIpc) is 2.57. The van der Waals surface area contributed by atoms with Gasteiger partial charge in [-0.2, -0.15) is 0 Å². The van der Waals surface area contributed by atoms with Crippen LogP contribution in [0.4, 0.5) is 0 Å². The fourth-order valence-electron chi connectivity index (χ4n) is 1.40. The molecular weight excluding hydrogens is 240 g/mol. The Hall–Kier alpha value is -1.82. The van der Waals surface area contributed by atoms with Gasteiger partial charge in [0.05, 0.1) is 0 Å². The first-order valence-corrected chi connectivity index (χ1v) is 7.38. The molecule has 0 nitrogen and oxygen atoms in total. The first-order chi connectivity index (χ1) is 9.76. The summed E-state index contributed by atoms with van der Waals surface area (Å²) in [4.78, 5) is 0. The van der Waals surface area contributed by atoms with E-state index in [1.165, 1.54) is 12.0 Å². The largest absolute Gasteiger partial charge is 0.0919 e. The molecule has 1 unspecified atom stereocenters. The van der Waals surface area contributed by atoms with Crippen LogP contribution in [0.1, 0.15) is 45.6 Å². The van der Waals surface area contributed by atoms with Gasteiger partial charge in [-0.25, -0.2) is 0 Å². The zero-order valence-corrected chi connectivity index (χ0v) is 13.3. The van der Waals surface area contributed by atoms with Crippen molar-refractivity contribution >= 4 is 0 Å². The fraction of sp³-hybridized carbons (Fsp3) is 0.300. The molecule has 0 aromatic heterocycles. The Bertz CT molecular complexity index is 384. The lowest BCUT2D eigenvalue weighted by atomic mass is 9.99. The van der Waals surface area contributed by atoms with Gasteiger partial charge in [-0.3, -0.25) is 0 Å². The summed E-state index contributed by atoms with van der Waals surface area (Å²) in [6, 6.07) is 22.6. The Morgan fingerprint density at radius 1 is 0.750 bits per heavy atom. The van der Waals surface area contributed by atoms with Crippen molar-refractivity contribution in [1.82, 2.24) is 0 Å². The molecule has 0 aliphatic carbocycles. The molecule has 0 spiro atoms. The van der Waals surface area contributed by atoms with Crippen molar-refractivity contribution < 1.29 is 0 Å². The highest BCUT2D eigenvalue weighted by molar-refractivity contribution is 5.18. The van der Waals surface area contributed by atoms with Crippen molar-refractivity contribution in [3.05, 3.63) is 84.4 Å². The first-order valence-electron chi connectivity index (χ1n) is 7.38. The second kappa shape index (κ2) is 13.6. The van der Waals surface area contributed by atoms with E-state index in [1.807, 2.05) is 62.4 Å². The Balaban J connectivity index is 0.000000307. The minimum absolute atomic E-state index is 0.709. The molecule has 0 heteroatoms. The fourth-order valence-corrected chi connectivity index (χ4v) is 1.40. The van der Waals surface area contributed by atoms with Gasteiger partial charge in [-0.1, -0.05) is 92.7 Å². The van der Waals surface area contributed by atoms with Crippen LogP contribution in [-0.4, -0.2) is 0 Å². The normalized spacial score (nSPS) is 10.8. The Kier molecular flexibility index (Phi) is 12.4.